The van der Waals surface area contributed by atoms with E-state index < -0.39 is 10.0 Å². The molecule has 1 saturated heterocycles. The molecule has 0 unspecified atom stereocenters. The van der Waals surface area contributed by atoms with E-state index in [0.29, 0.717) is 23.7 Å². The number of fused-ring (bicyclic) bond motifs is 3. The molecule has 1 aromatic heterocycles. The first-order chi connectivity index (χ1) is 15.0. The number of hydrogen-bond donors (Lipinski definition) is 1. The molecule has 0 amide bonds. The number of anilines is 1. The average molecular weight is 436 g/mol. The highest BCUT2D eigenvalue weighted by Crippen LogP contribution is 2.49. The first-order valence-corrected chi connectivity index (χ1v) is 11.9. The highest BCUT2D eigenvalue weighted by Gasteiger charge is 2.53. The average Bonchev–Trinajstić information content (AvgIpc) is 2.78. The van der Waals surface area contributed by atoms with Crippen molar-refractivity contribution in [1.82, 2.24) is 9.88 Å². The van der Waals surface area contributed by atoms with E-state index >= 15 is 0 Å². The number of sulfonamides is 1. The van der Waals surface area contributed by atoms with Crippen LogP contribution in [0.1, 0.15) is 22.6 Å². The summed E-state index contributed by atoms with van der Waals surface area (Å²) in [5.41, 5.74) is 3.76. The number of aliphatic hydroxyl groups is 1. The van der Waals surface area contributed by atoms with Gasteiger partial charge in [0.15, 0.2) is 0 Å². The summed E-state index contributed by atoms with van der Waals surface area (Å²) in [4.78, 5) is 6.69. The van der Waals surface area contributed by atoms with Crippen LogP contribution < -0.4 is 4.31 Å². The number of aromatic nitrogens is 1. The molecule has 0 saturated carbocycles. The summed E-state index contributed by atoms with van der Waals surface area (Å²) in [5.74, 6) is 0.0994. The molecule has 2 aliphatic rings. The van der Waals surface area contributed by atoms with Crippen LogP contribution in [-0.4, -0.2) is 48.6 Å². The lowest BCUT2D eigenvalue weighted by Gasteiger charge is -2.59. The molecule has 2 aromatic carbocycles. The third-order valence-electron chi connectivity index (χ3n) is 6.48. The lowest BCUT2D eigenvalue weighted by Crippen LogP contribution is -2.68. The zero-order valence-corrected chi connectivity index (χ0v) is 18.1. The Kier molecular flexibility index (Phi) is 5.04. The SMILES string of the molecule is Cc1ccc(S(=O)(=O)N2C[C@H]3[C@@H](c4ccccc42)[C@@H](CO)N3Cc2cccnc2)cc1. The number of para-hydroxylation sites is 1. The third-order valence-corrected chi connectivity index (χ3v) is 8.28. The van der Waals surface area contributed by atoms with Gasteiger partial charge in [0.25, 0.3) is 10.0 Å². The van der Waals surface area contributed by atoms with Gasteiger partial charge in [0.2, 0.25) is 0 Å². The van der Waals surface area contributed by atoms with Gasteiger partial charge in [-0.15, -0.1) is 0 Å². The normalized spacial score (nSPS) is 23.0. The maximum atomic E-state index is 13.6. The summed E-state index contributed by atoms with van der Waals surface area (Å²) in [6.45, 7) is 2.95. The Morgan fingerprint density at radius 3 is 2.55 bits per heavy atom. The third kappa shape index (κ3) is 3.33. The van der Waals surface area contributed by atoms with Gasteiger partial charge < -0.3 is 5.11 Å². The van der Waals surface area contributed by atoms with Crippen LogP contribution in [-0.2, 0) is 16.6 Å². The van der Waals surface area contributed by atoms with Gasteiger partial charge in [-0.1, -0.05) is 42.0 Å². The van der Waals surface area contributed by atoms with Crippen LogP contribution in [0.4, 0.5) is 5.69 Å². The summed E-state index contributed by atoms with van der Waals surface area (Å²) >= 11 is 0. The van der Waals surface area contributed by atoms with Crippen LogP contribution in [0.3, 0.4) is 0 Å². The monoisotopic (exact) mass is 435 g/mol. The molecule has 31 heavy (non-hydrogen) atoms. The summed E-state index contributed by atoms with van der Waals surface area (Å²) in [7, 11) is -3.70. The van der Waals surface area contributed by atoms with Crippen LogP contribution in [0.2, 0.25) is 0 Å². The van der Waals surface area contributed by atoms with Crippen molar-refractivity contribution in [3.05, 3.63) is 89.7 Å². The molecule has 1 fully saturated rings. The van der Waals surface area contributed by atoms with Crippen molar-refractivity contribution in [2.75, 3.05) is 17.5 Å². The lowest BCUT2D eigenvalue weighted by atomic mass is 9.72. The predicted octanol–water partition coefficient (Wildman–Crippen LogP) is 2.93. The Morgan fingerprint density at radius 1 is 1.06 bits per heavy atom. The molecule has 160 valence electrons. The number of rotatable bonds is 5. The first-order valence-electron chi connectivity index (χ1n) is 10.4. The van der Waals surface area contributed by atoms with E-state index in [1.54, 1.807) is 18.3 Å². The molecule has 3 heterocycles. The van der Waals surface area contributed by atoms with E-state index in [1.807, 2.05) is 61.7 Å². The summed E-state index contributed by atoms with van der Waals surface area (Å²) in [6.07, 6.45) is 3.55. The highest BCUT2D eigenvalue weighted by molar-refractivity contribution is 7.92. The number of aliphatic hydroxyl groups excluding tert-OH is 1. The maximum Gasteiger partial charge on any atom is 0.264 e. The standard InChI is InChI=1S/C24H25N3O3S/c1-17-8-10-19(11-9-17)31(29,30)27-15-22-24(20-6-2-3-7-21(20)27)23(16-28)26(22)14-18-5-4-12-25-13-18/h2-13,22-24,28H,14-16H2,1H3/t22-,23+,24+/m0/s1. The van der Waals surface area contributed by atoms with Gasteiger partial charge in [-0.25, -0.2) is 8.42 Å². The number of nitrogens with zero attached hydrogens (tertiary/aromatic N) is 3. The van der Waals surface area contributed by atoms with Gasteiger partial charge >= 0.3 is 0 Å². The molecule has 2 aliphatic heterocycles. The molecule has 7 heteroatoms. The summed E-state index contributed by atoms with van der Waals surface area (Å²) < 4.78 is 28.7. The van der Waals surface area contributed by atoms with Gasteiger partial charge in [0.05, 0.1) is 23.7 Å². The first kappa shape index (κ1) is 20.2. The second kappa shape index (κ2) is 7.75. The zero-order chi connectivity index (χ0) is 21.6. The topological polar surface area (TPSA) is 73.7 Å². The minimum atomic E-state index is -3.70. The van der Waals surface area contributed by atoms with Crippen LogP contribution in [0.25, 0.3) is 0 Å². The highest BCUT2D eigenvalue weighted by atomic mass is 32.2. The van der Waals surface area contributed by atoms with Gasteiger partial charge in [-0.2, -0.15) is 0 Å². The minimum Gasteiger partial charge on any atom is -0.395 e. The summed E-state index contributed by atoms with van der Waals surface area (Å²) in [6, 6.07) is 18.5. The number of likely N-dealkylation sites (tertiary alicyclic amines) is 1. The predicted molar refractivity (Wildman–Crippen MR) is 119 cm³/mol. The van der Waals surface area contributed by atoms with Crippen molar-refractivity contribution in [3.63, 3.8) is 0 Å². The Morgan fingerprint density at radius 2 is 1.84 bits per heavy atom. The molecule has 1 N–H and O–H groups in total. The molecule has 0 bridgehead atoms. The van der Waals surface area contributed by atoms with Gasteiger partial charge in [-0.3, -0.25) is 14.2 Å². The van der Waals surface area contributed by atoms with Crippen molar-refractivity contribution in [2.45, 2.75) is 36.4 Å². The van der Waals surface area contributed by atoms with E-state index in [4.69, 9.17) is 0 Å². The lowest BCUT2D eigenvalue weighted by molar-refractivity contribution is -0.0478. The second-order valence-electron chi connectivity index (χ2n) is 8.28. The fourth-order valence-electron chi connectivity index (χ4n) is 4.93. The Labute approximate surface area is 182 Å². The smallest absolute Gasteiger partial charge is 0.264 e. The van der Waals surface area contributed by atoms with E-state index in [0.717, 1.165) is 16.7 Å². The fourth-order valence-corrected chi connectivity index (χ4v) is 6.44. The molecule has 3 aromatic rings. The Bertz CT molecular complexity index is 1180. The van der Waals surface area contributed by atoms with E-state index in [-0.39, 0.29) is 24.6 Å². The van der Waals surface area contributed by atoms with Crippen LogP contribution in [0, 0.1) is 6.92 Å². The molecule has 0 spiro atoms. The molecule has 0 radical (unpaired) electrons. The van der Waals surface area contributed by atoms with Crippen LogP contribution in [0.5, 0.6) is 0 Å². The van der Waals surface area contributed by atoms with Gasteiger partial charge in [0, 0.05) is 36.9 Å². The van der Waals surface area contributed by atoms with E-state index in [2.05, 4.69) is 9.88 Å². The van der Waals surface area contributed by atoms with Crippen molar-refractivity contribution in [2.24, 2.45) is 0 Å². The van der Waals surface area contributed by atoms with Gasteiger partial charge in [0.1, 0.15) is 0 Å². The van der Waals surface area contributed by atoms with Crippen molar-refractivity contribution >= 4 is 15.7 Å². The van der Waals surface area contributed by atoms with E-state index in [9.17, 15) is 13.5 Å². The zero-order valence-electron chi connectivity index (χ0n) is 17.3. The Balaban J connectivity index is 1.54. The molecular weight excluding hydrogens is 410 g/mol. The second-order valence-corrected chi connectivity index (χ2v) is 10.1. The fraction of sp³-hybridized carbons (Fsp3) is 0.292. The molecule has 6 nitrogen and oxygen atoms in total. The quantitative estimate of drug-likeness (QED) is 0.667. The maximum absolute atomic E-state index is 13.6. The molecule has 0 aliphatic carbocycles. The van der Waals surface area contributed by atoms with Crippen LogP contribution >= 0.6 is 0 Å². The summed E-state index contributed by atoms with van der Waals surface area (Å²) in [5, 5.41) is 10.1. The molecule has 5 rings (SSSR count). The number of pyridine rings is 1. The van der Waals surface area contributed by atoms with Crippen molar-refractivity contribution in [1.29, 1.82) is 0 Å². The number of benzene rings is 2. The van der Waals surface area contributed by atoms with Gasteiger partial charge in [-0.05, 0) is 42.3 Å². The van der Waals surface area contributed by atoms with E-state index in [1.165, 1.54) is 4.31 Å². The largest absolute Gasteiger partial charge is 0.395 e. The Hall–Kier alpha value is -2.74. The van der Waals surface area contributed by atoms with Crippen molar-refractivity contribution in [3.8, 4) is 0 Å². The minimum absolute atomic E-state index is 0.00696. The van der Waals surface area contributed by atoms with Crippen LogP contribution in [0.15, 0.2) is 78.0 Å². The number of aryl methyl sites for hydroxylation is 1. The van der Waals surface area contributed by atoms with Crippen molar-refractivity contribution < 1.29 is 13.5 Å². The molecular formula is C24H25N3O3S. The number of hydrogen-bond acceptors (Lipinski definition) is 5. The molecule has 3 atom stereocenters.